The summed E-state index contributed by atoms with van der Waals surface area (Å²) in [5, 5.41) is 0. The van der Waals surface area contributed by atoms with E-state index >= 15 is 0 Å². The Hall–Kier alpha value is -0.870. The monoisotopic (exact) mass is 199 g/mol. The van der Waals surface area contributed by atoms with Gasteiger partial charge in [0.15, 0.2) is 0 Å². The second-order valence-electron chi connectivity index (χ2n) is 3.56. The molecule has 1 aliphatic rings. The summed E-state index contributed by atoms with van der Waals surface area (Å²) < 4.78 is 9.94. The standard InChI is InChI=1S/C10H17NO3/c1-11(2)6-7-13-10(12)5-3-4-9-8-14-9/h3,5,9H,4,6-8H2,1-2H3. The molecule has 1 atom stereocenters. The maximum atomic E-state index is 11.1. The number of carbonyl (C=O) groups excluding carboxylic acids is 1. The zero-order valence-electron chi connectivity index (χ0n) is 8.73. The molecular weight excluding hydrogens is 182 g/mol. The first-order chi connectivity index (χ1) is 6.68. The highest BCUT2D eigenvalue weighted by Gasteiger charge is 2.19. The summed E-state index contributed by atoms with van der Waals surface area (Å²) in [6.45, 7) is 2.02. The molecule has 0 radical (unpaired) electrons. The van der Waals surface area contributed by atoms with Crippen LogP contribution in [0.2, 0.25) is 0 Å². The minimum Gasteiger partial charge on any atom is -0.461 e. The van der Waals surface area contributed by atoms with Crippen LogP contribution in [0.4, 0.5) is 0 Å². The first kappa shape index (κ1) is 11.2. The van der Waals surface area contributed by atoms with E-state index in [9.17, 15) is 4.79 Å². The lowest BCUT2D eigenvalue weighted by Crippen LogP contribution is -2.19. The van der Waals surface area contributed by atoms with Crippen LogP contribution in [0.1, 0.15) is 6.42 Å². The summed E-state index contributed by atoms with van der Waals surface area (Å²) in [4.78, 5) is 13.0. The van der Waals surface area contributed by atoms with Gasteiger partial charge in [-0.1, -0.05) is 6.08 Å². The predicted molar refractivity (Wildman–Crippen MR) is 53.0 cm³/mol. The van der Waals surface area contributed by atoms with E-state index in [1.807, 2.05) is 19.0 Å². The quantitative estimate of drug-likeness (QED) is 0.353. The van der Waals surface area contributed by atoms with Gasteiger partial charge in [0.1, 0.15) is 6.61 Å². The Morgan fingerprint density at radius 3 is 2.93 bits per heavy atom. The van der Waals surface area contributed by atoms with Crippen molar-refractivity contribution in [3.8, 4) is 0 Å². The molecule has 14 heavy (non-hydrogen) atoms. The Bertz CT molecular complexity index is 209. The Kier molecular flexibility index (Phi) is 4.62. The average molecular weight is 199 g/mol. The van der Waals surface area contributed by atoms with E-state index in [4.69, 9.17) is 9.47 Å². The highest BCUT2D eigenvalue weighted by atomic mass is 16.6. The van der Waals surface area contributed by atoms with Gasteiger partial charge in [0.25, 0.3) is 0 Å². The number of hydrogen-bond acceptors (Lipinski definition) is 4. The molecule has 1 heterocycles. The van der Waals surface area contributed by atoms with Gasteiger partial charge >= 0.3 is 5.97 Å². The van der Waals surface area contributed by atoms with E-state index in [0.717, 1.165) is 19.6 Å². The molecule has 0 aromatic rings. The van der Waals surface area contributed by atoms with Gasteiger partial charge in [-0.05, 0) is 20.5 Å². The number of rotatable bonds is 6. The third-order valence-electron chi connectivity index (χ3n) is 1.84. The average Bonchev–Trinajstić information content (AvgIpc) is 2.87. The molecule has 0 amide bonds. The number of hydrogen-bond donors (Lipinski definition) is 0. The van der Waals surface area contributed by atoms with E-state index in [-0.39, 0.29) is 5.97 Å². The van der Waals surface area contributed by atoms with E-state index in [2.05, 4.69) is 0 Å². The van der Waals surface area contributed by atoms with Crippen molar-refractivity contribution in [1.82, 2.24) is 4.90 Å². The van der Waals surface area contributed by atoms with Crippen LogP contribution in [-0.2, 0) is 14.3 Å². The van der Waals surface area contributed by atoms with Gasteiger partial charge in [-0.25, -0.2) is 4.79 Å². The van der Waals surface area contributed by atoms with Gasteiger partial charge in [0.2, 0.25) is 0 Å². The SMILES string of the molecule is CN(C)CCOC(=O)C=CCC1CO1. The van der Waals surface area contributed by atoms with E-state index in [0.29, 0.717) is 12.7 Å². The number of ether oxygens (including phenoxy) is 2. The second-order valence-corrected chi connectivity index (χ2v) is 3.56. The maximum Gasteiger partial charge on any atom is 0.330 e. The van der Waals surface area contributed by atoms with Gasteiger partial charge in [-0.3, -0.25) is 0 Å². The van der Waals surface area contributed by atoms with Crippen molar-refractivity contribution in [2.75, 3.05) is 33.9 Å². The van der Waals surface area contributed by atoms with Crippen LogP contribution in [0.15, 0.2) is 12.2 Å². The lowest BCUT2D eigenvalue weighted by Gasteiger charge is -2.08. The van der Waals surface area contributed by atoms with Crippen LogP contribution in [0, 0.1) is 0 Å². The third-order valence-corrected chi connectivity index (χ3v) is 1.84. The normalized spacial score (nSPS) is 20.4. The molecule has 0 bridgehead atoms. The largest absolute Gasteiger partial charge is 0.461 e. The molecule has 4 nitrogen and oxygen atoms in total. The highest BCUT2D eigenvalue weighted by Crippen LogP contribution is 2.13. The zero-order valence-corrected chi connectivity index (χ0v) is 8.73. The number of esters is 1. The summed E-state index contributed by atoms with van der Waals surface area (Å²) in [5.74, 6) is -0.271. The Morgan fingerprint density at radius 2 is 2.36 bits per heavy atom. The maximum absolute atomic E-state index is 11.1. The smallest absolute Gasteiger partial charge is 0.330 e. The molecule has 1 fully saturated rings. The first-order valence-electron chi connectivity index (χ1n) is 4.78. The Labute approximate surface area is 84.5 Å². The van der Waals surface area contributed by atoms with Gasteiger partial charge in [0.05, 0.1) is 12.7 Å². The molecule has 0 aromatic carbocycles. The molecular formula is C10H17NO3. The first-order valence-corrected chi connectivity index (χ1v) is 4.78. The summed E-state index contributed by atoms with van der Waals surface area (Å²) in [6, 6.07) is 0. The number of likely N-dealkylation sites (N-methyl/N-ethyl adjacent to an activating group) is 1. The van der Waals surface area contributed by atoms with Crippen molar-refractivity contribution in [2.24, 2.45) is 0 Å². The molecule has 1 rings (SSSR count). The van der Waals surface area contributed by atoms with Crippen molar-refractivity contribution < 1.29 is 14.3 Å². The molecule has 0 N–H and O–H groups in total. The Morgan fingerprint density at radius 1 is 1.64 bits per heavy atom. The van der Waals surface area contributed by atoms with Crippen molar-refractivity contribution in [1.29, 1.82) is 0 Å². The van der Waals surface area contributed by atoms with Crippen molar-refractivity contribution >= 4 is 5.97 Å². The summed E-state index contributed by atoms with van der Waals surface area (Å²) in [5.41, 5.74) is 0. The summed E-state index contributed by atoms with van der Waals surface area (Å²) in [6.07, 6.45) is 4.41. The molecule has 0 aromatic heterocycles. The van der Waals surface area contributed by atoms with Crippen LogP contribution >= 0.6 is 0 Å². The zero-order chi connectivity index (χ0) is 10.4. The summed E-state index contributed by atoms with van der Waals surface area (Å²) >= 11 is 0. The number of nitrogens with zero attached hydrogens (tertiary/aromatic N) is 1. The lowest BCUT2D eigenvalue weighted by atomic mass is 10.3. The van der Waals surface area contributed by atoms with Crippen molar-refractivity contribution in [2.45, 2.75) is 12.5 Å². The molecule has 1 unspecified atom stereocenters. The van der Waals surface area contributed by atoms with Crippen LogP contribution in [0.25, 0.3) is 0 Å². The Balaban J connectivity index is 1.99. The summed E-state index contributed by atoms with van der Waals surface area (Å²) in [7, 11) is 3.88. The fraction of sp³-hybridized carbons (Fsp3) is 0.700. The van der Waals surface area contributed by atoms with Crippen molar-refractivity contribution in [3.05, 3.63) is 12.2 Å². The molecule has 0 aliphatic carbocycles. The number of epoxide rings is 1. The van der Waals surface area contributed by atoms with Crippen molar-refractivity contribution in [3.63, 3.8) is 0 Å². The van der Waals surface area contributed by atoms with Crippen LogP contribution in [0.3, 0.4) is 0 Å². The number of carbonyl (C=O) groups is 1. The minimum atomic E-state index is -0.271. The highest BCUT2D eigenvalue weighted by molar-refractivity contribution is 5.81. The van der Waals surface area contributed by atoms with E-state index in [1.54, 1.807) is 6.08 Å². The minimum absolute atomic E-state index is 0.271. The second kappa shape index (κ2) is 5.78. The topological polar surface area (TPSA) is 42.1 Å². The van der Waals surface area contributed by atoms with Crippen LogP contribution in [-0.4, -0.2) is 50.8 Å². The fourth-order valence-corrected chi connectivity index (χ4v) is 0.897. The van der Waals surface area contributed by atoms with Crippen LogP contribution in [0.5, 0.6) is 0 Å². The third kappa shape index (κ3) is 5.72. The van der Waals surface area contributed by atoms with Gasteiger partial charge in [0, 0.05) is 12.6 Å². The van der Waals surface area contributed by atoms with E-state index in [1.165, 1.54) is 6.08 Å². The molecule has 80 valence electrons. The fourth-order valence-electron chi connectivity index (χ4n) is 0.897. The molecule has 1 aliphatic heterocycles. The molecule has 4 heteroatoms. The van der Waals surface area contributed by atoms with Gasteiger partial charge < -0.3 is 14.4 Å². The molecule has 1 saturated heterocycles. The van der Waals surface area contributed by atoms with Crippen LogP contribution < -0.4 is 0 Å². The predicted octanol–water partition coefficient (Wildman–Crippen LogP) is 0.436. The molecule has 0 saturated carbocycles. The molecule has 0 spiro atoms. The van der Waals surface area contributed by atoms with E-state index < -0.39 is 0 Å². The lowest BCUT2D eigenvalue weighted by molar-refractivity contribution is -0.138. The van der Waals surface area contributed by atoms with Gasteiger partial charge in [-0.15, -0.1) is 0 Å². The van der Waals surface area contributed by atoms with Gasteiger partial charge in [-0.2, -0.15) is 0 Å².